The van der Waals surface area contributed by atoms with Crippen LogP contribution in [0.2, 0.25) is 5.02 Å². The van der Waals surface area contributed by atoms with Crippen LogP contribution in [-0.4, -0.2) is 0 Å². The summed E-state index contributed by atoms with van der Waals surface area (Å²) in [6.45, 7) is -0.336. The molecule has 0 aliphatic heterocycles. The first kappa shape index (κ1) is 15.4. The van der Waals surface area contributed by atoms with Gasteiger partial charge in [-0.3, -0.25) is 0 Å². The summed E-state index contributed by atoms with van der Waals surface area (Å²) >= 11 is 5.57. The molecule has 0 fully saturated rings. The van der Waals surface area contributed by atoms with Crippen LogP contribution < -0.4 is 10.5 Å². The number of halogens is 5. The van der Waals surface area contributed by atoms with Crippen molar-refractivity contribution in [3.63, 3.8) is 0 Å². The number of nitrogen functional groups attached to an aromatic ring is 1. The van der Waals surface area contributed by atoms with Crippen molar-refractivity contribution in [3.8, 4) is 5.75 Å². The summed E-state index contributed by atoms with van der Waals surface area (Å²) in [5, 5.41) is -0.166. The molecule has 0 heterocycles. The minimum Gasteiger partial charge on any atom is -0.489 e. The van der Waals surface area contributed by atoms with Crippen LogP contribution >= 0.6 is 11.6 Å². The zero-order chi connectivity index (χ0) is 15.6. The zero-order valence-corrected chi connectivity index (χ0v) is 11.3. The molecule has 0 saturated carbocycles. The quantitative estimate of drug-likeness (QED) is 0.659. The van der Waals surface area contributed by atoms with E-state index in [9.17, 15) is 17.6 Å². The Morgan fingerprint density at radius 1 is 1.10 bits per heavy atom. The van der Waals surface area contributed by atoms with E-state index in [0.717, 1.165) is 12.1 Å². The number of ether oxygens (including phenoxy) is 1. The fourth-order valence-electron chi connectivity index (χ4n) is 1.71. The van der Waals surface area contributed by atoms with Gasteiger partial charge in [0.1, 0.15) is 18.2 Å². The van der Waals surface area contributed by atoms with Crippen LogP contribution in [0.4, 0.5) is 23.2 Å². The third-order valence-corrected chi connectivity index (χ3v) is 3.01. The van der Waals surface area contributed by atoms with E-state index in [1.54, 1.807) is 0 Å². The Morgan fingerprint density at radius 3 is 2.43 bits per heavy atom. The topological polar surface area (TPSA) is 35.2 Å². The average molecular weight is 320 g/mol. The molecule has 0 amide bonds. The van der Waals surface area contributed by atoms with Crippen LogP contribution in [0.3, 0.4) is 0 Å². The van der Waals surface area contributed by atoms with E-state index in [1.165, 1.54) is 24.3 Å². The van der Waals surface area contributed by atoms with Gasteiger partial charge in [0, 0.05) is 17.3 Å². The lowest BCUT2D eigenvalue weighted by molar-refractivity contribution is -0.138. The predicted octanol–water partition coefficient (Wildman–Crippen LogP) is 4.66. The van der Waals surface area contributed by atoms with E-state index in [0.29, 0.717) is 0 Å². The highest BCUT2D eigenvalue weighted by molar-refractivity contribution is 6.30. The lowest BCUT2D eigenvalue weighted by Crippen LogP contribution is -2.11. The Bertz CT molecular complexity index is 658. The summed E-state index contributed by atoms with van der Waals surface area (Å²) in [5.41, 5.74) is 4.44. The minimum atomic E-state index is -4.53. The zero-order valence-electron chi connectivity index (χ0n) is 10.5. The van der Waals surface area contributed by atoms with Crippen molar-refractivity contribution >= 4 is 17.3 Å². The van der Waals surface area contributed by atoms with Gasteiger partial charge in [-0.15, -0.1) is 0 Å². The Hall–Kier alpha value is -1.95. The molecule has 21 heavy (non-hydrogen) atoms. The summed E-state index contributed by atoms with van der Waals surface area (Å²) in [6, 6.07) is 6.99. The van der Waals surface area contributed by atoms with Crippen molar-refractivity contribution in [1.82, 2.24) is 0 Å². The predicted molar refractivity (Wildman–Crippen MR) is 71.6 cm³/mol. The van der Waals surface area contributed by atoms with Crippen molar-refractivity contribution < 1.29 is 22.3 Å². The molecule has 2 N–H and O–H groups in total. The van der Waals surface area contributed by atoms with Gasteiger partial charge in [0.05, 0.1) is 10.6 Å². The van der Waals surface area contributed by atoms with Gasteiger partial charge in [0.15, 0.2) is 0 Å². The largest absolute Gasteiger partial charge is 0.489 e. The number of anilines is 1. The molecule has 2 rings (SSSR count). The smallest absolute Gasteiger partial charge is 0.416 e. The number of hydrogen-bond acceptors (Lipinski definition) is 2. The molecule has 0 bridgehead atoms. The number of benzene rings is 2. The summed E-state index contributed by atoms with van der Waals surface area (Å²) in [4.78, 5) is 0. The molecule has 2 nitrogen and oxygen atoms in total. The summed E-state index contributed by atoms with van der Waals surface area (Å²) in [6.07, 6.45) is -4.53. The molecule has 0 atom stereocenters. The number of nitrogens with two attached hydrogens (primary N) is 1. The molecule has 0 aromatic heterocycles. The van der Waals surface area contributed by atoms with Crippen molar-refractivity contribution in [2.24, 2.45) is 0 Å². The molecule has 0 radical (unpaired) electrons. The monoisotopic (exact) mass is 319 g/mol. The van der Waals surface area contributed by atoms with Crippen molar-refractivity contribution in [3.05, 3.63) is 58.4 Å². The van der Waals surface area contributed by atoms with Crippen LogP contribution in [0.15, 0.2) is 36.4 Å². The van der Waals surface area contributed by atoms with Gasteiger partial charge >= 0.3 is 6.18 Å². The molecular formula is C14H10ClF4NO. The Kier molecular flexibility index (Phi) is 4.27. The highest BCUT2D eigenvalue weighted by Gasteiger charge is 2.33. The molecule has 0 aliphatic rings. The lowest BCUT2D eigenvalue weighted by Gasteiger charge is -2.14. The first-order chi connectivity index (χ1) is 9.77. The SMILES string of the molecule is Nc1ccc(COc2ccc(F)c(Cl)c2)c(C(F)(F)F)c1. The Morgan fingerprint density at radius 2 is 1.81 bits per heavy atom. The van der Waals surface area contributed by atoms with Gasteiger partial charge < -0.3 is 10.5 Å². The maximum absolute atomic E-state index is 13.0. The minimum absolute atomic E-state index is 0.0101. The molecule has 7 heteroatoms. The van der Waals surface area contributed by atoms with E-state index < -0.39 is 17.6 Å². The highest BCUT2D eigenvalue weighted by Crippen LogP contribution is 2.34. The molecule has 0 aliphatic carbocycles. The van der Waals surface area contributed by atoms with E-state index in [2.05, 4.69) is 0 Å². The standard InChI is InChI=1S/C14H10ClF4NO/c15-12-6-10(3-4-13(12)16)21-7-8-1-2-9(20)5-11(8)14(17,18)19/h1-6H,7,20H2. The number of rotatable bonds is 3. The second-order valence-corrected chi connectivity index (χ2v) is 4.69. The maximum Gasteiger partial charge on any atom is 0.416 e. The molecule has 0 unspecified atom stereocenters. The van der Waals surface area contributed by atoms with Crippen LogP contribution in [0.1, 0.15) is 11.1 Å². The average Bonchev–Trinajstić information content (AvgIpc) is 2.40. The second kappa shape index (κ2) is 5.81. The maximum atomic E-state index is 13.0. The molecule has 0 saturated heterocycles. The van der Waals surface area contributed by atoms with Gasteiger partial charge in [-0.2, -0.15) is 13.2 Å². The first-order valence-corrected chi connectivity index (χ1v) is 6.18. The van der Waals surface area contributed by atoms with E-state index in [4.69, 9.17) is 22.1 Å². The molecule has 2 aromatic carbocycles. The lowest BCUT2D eigenvalue weighted by atomic mass is 10.1. The second-order valence-electron chi connectivity index (χ2n) is 4.28. The van der Waals surface area contributed by atoms with Crippen LogP contribution in [0.25, 0.3) is 0 Å². The third-order valence-electron chi connectivity index (χ3n) is 2.72. The van der Waals surface area contributed by atoms with Crippen molar-refractivity contribution in [1.29, 1.82) is 0 Å². The molecule has 0 spiro atoms. The highest BCUT2D eigenvalue weighted by atomic mass is 35.5. The van der Waals surface area contributed by atoms with Crippen LogP contribution in [-0.2, 0) is 12.8 Å². The van der Waals surface area contributed by atoms with E-state index in [1.807, 2.05) is 0 Å². The van der Waals surface area contributed by atoms with Gasteiger partial charge in [-0.1, -0.05) is 17.7 Å². The summed E-state index contributed by atoms with van der Waals surface area (Å²) in [5.74, 6) is -0.459. The van der Waals surface area contributed by atoms with Crippen LogP contribution in [0, 0.1) is 5.82 Å². The van der Waals surface area contributed by atoms with Crippen molar-refractivity contribution in [2.45, 2.75) is 12.8 Å². The first-order valence-electron chi connectivity index (χ1n) is 5.81. The molecular weight excluding hydrogens is 310 g/mol. The van der Waals surface area contributed by atoms with Crippen LogP contribution in [0.5, 0.6) is 5.75 Å². The van der Waals surface area contributed by atoms with Crippen molar-refractivity contribution in [2.75, 3.05) is 5.73 Å². The van der Waals surface area contributed by atoms with Gasteiger partial charge in [0.2, 0.25) is 0 Å². The van der Waals surface area contributed by atoms with Gasteiger partial charge in [0.25, 0.3) is 0 Å². The molecule has 112 valence electrons. The summed E-state index contributed by atoms with van der Waals surface area (Å²) < 4.78 is 56.9. The third kappa shape index (κ3) is 3.78. The molecule has 2 aromatic rings. The van der Waals surface area contributed by atoms with E-state index in [-0.39, 0.29) is 28.6 Å². The Balaban J connectivity index is 2.22. The van der Waals surface area contributed by atoms with Gasteiger partial charge in [-0.05, 0) is 24.3 Å². The van der Waals surface area contributed by atoms with Gasteiger partial charge in [-0.25, -0.2) is 4.39 Å². The fourth-order valence-corrected chi connectivity index (χ4v) is 1.88. The number of alkyl halides is 3. The fraction of sp³-hybridized carbons (Fsp3) is 0.143. The summed E-state index contributed by atoms with van der Waals surface area (Å²) in [7, 11) is 0. The normalized spacial score (nSPS) is 11.5. The number of hydrogen-bond donors (Lipinski definition) is 1. The van der Waals surface area contributed by atoms with E-state index >= 15 is 0 Å². The Labute approximate surface area is 123 Å².